The van der Waals surface area contributed by atoms with Crippen LogP contribution in [0.5, 0.6) is 5.75 Å². The van der Waals surface area contributed by atoms with E-state index in [0.29, 0.717) is 19.0 Å². The lowest BCUT2D eigenvalue weighted by Gasteiger charge is -2.32. The van der Waals surface area contributed by atoms with Gasteiger partial charge in [-0.25, -0.2) is 4.98 Å². The van der Waals surface area contributed by atoms with Crippen LogP contribution in [0.2, 0.25) is 0 Å². The Kier molecular flexibility index (Phi) is 6.03. The van der Waals surface area contributed by atoms with Crippen LogP contribution >= 0.6 is 11.3 Å². The molecule has 0 radical (unpaired) electrons. The van der Waals surface area contributed by atoms with E-state index in [1.54, 1.807) is 25.9 Å². The third kappa shape index (κ3) is 4.39. The van der Waals surface area contributed by atoms with Gasteiger partial charge >= 0.3 is 0 Å². The van der Waals surface area contributed by atoms with Gasteiger partial charge in [0.15, 0.2) is 0 Å². The number of thiazole rings is 1. The van der Waals surface area contributed by atoms with Crippen molar-refractivity contribution in [3.63, 3.8) is 0 Å². The number of hydrogen-bond donors (Lipinski definition) is 1. The molecule has 2 heterocycles. The molecular formula is C21H23N3O4S. The largest absolute Gasteiger partial charge is 0.490 e. The average molecular weight is 413 g/mol. The second kappa shape index (κ2) is 8.86. The van der Waals surface area contributed by atoms with Crippen LogP contribution in [-0.4, -0.2) is 49.4 Å². The van der Waals surface area contributed by atoms with Crippen LogP contribution in [0.3, 0.4) is 0 Å². The lowest BCUT2D eigenvalue weighted by molar-refractivity contribution is -0.127. The molecule has 0 spiro atoms. The molecule has 2 aromatic heterocycles. The number of fused-ring (bicyclic) bond motifs is 1. The lowest BCUT2D eigenvalue weighted by Crippen LogP contribution is -2.38. The standard InChI is InChI=1S/C21H23N3O4S/c1-26-5-6-28-19-10-18(20-11-22-12-29-20)24-17-4-3-14(9-16(17)19)23-21(25)13-7-15(8-13)27-2/h3-4,9-13,15H,5-8H2,1-2H3,(H,23,25). The summed E-state index contributed by atoms with van der Waals surface area (Å²) in [6.07, 6.45) is 3.51. The molecule has 1 amide bonds. The highest BCUT2D eigenvalue weighted by Crippen LogP contribution is 2.34. The van der Waals surface area contributed by atoms with Gasteiger partial charge in [0.2, 0.25) is 5.91 Å². The van der Waals surface area contributed by atoms with Crippen molar-refractivity contribution in [1.82, 2.24) is 9.97 Å². The Balaban J connectivity index is 1.60. The Hall–Kier alpha value is -2.55. The van der Waals surface area contributed by atoms with Crippen LogP contribution in [0.1, 0.15) is 12.8 Å². The zero-order valence-electron chi connectivity index (χ0n) is 16.4. The molecule has 8 heteroatoms. The molecule has 1 saturated carbocycles. The van der Waals surface area contributed by atoms with Crippen molar-refractivity contribution in [2.24, 2.45) is 5.92 Å². The molecule has 0 bridgehead atoms. The Morgan fingerprint density at radius 1 is 1.24 bits per heavy atom. The summed E-state index contributed by atoms with van der Waals surface area (Å²) in [6, 6.07) is 7.59. The van der Waals surface area contributed by atoms with Crippen LogP contribution in [-0.2, 0) is 14.3 Å². The number of rotatable bonds is 8. The first-order valence-corrected chi connectivity index (χ1v) is 10.3. The van der Waals surface area contributed by atoms with Crippen molar-refractivity contribution in [2.75, 3.05) is 32.8 Å². The van der Waals surface area contributed by atoms with E-state index in [0.717, 1.165) is 40.0 Å². The Bertz CT molecular complexity index is 987. The maximum atomic E-state index is 12.5. The van der Waals surface area contributed by atoms with Crippen LogP contribution in [0, 0.1) is 5.92 Å². The van der Waals surface area contributed by atoms with Gasteiger partial charge in [-0.15, -0.1) is 11.3 Å². The normalized spacial score (nSPS) is 18.4. The smallest absolute Gasteiger partial charge is 0.227 e. The molecule has 7 nitrogen and oxygen atoms in total. The van der Waals surface area contributed by atoms with E-state index in [2.05, 4.69) is 10.3 Å². The number of carbonyl (C=O) groups is 1. The van der Waals surface area contributed by atoms with Crippen LogP contribution in [0.4, 0.5) is 5.69 Å². The van der Waals surface area contributed by atoms with E-state index < -0.39 is 0 Å². The Morgan fingerprint density at radius 2 is 2.10 bits per heavy atom. The van der Waals surface area contributed by atoms with Gasteiger partial charge in [0.05, 0.1) is 34.3 Å². The van der Waals surface area contributed by atoms with Crippen LogP contribution in [0.15, 0.2) is 36.0 Å². The molecule has 1 aromatic carbocycles. The van der Waals surface area contributed by atoms with E-state index in [-0.39, 0.29) is 17.9 Å². The molecule has 0 unspecified atom stereocenters. The van der Waals surface area contributed by atoms with Gasteiger partial charge in [0.25, 0.3) is 0 Å². The lowest BCUT2D eigenvalue weighted by atomic mass is 9.81. The van der Waals surface area contributed by atoms with Gasteiger partial charge in [-0.1, -0.05) is 0 Å². The molecule has 3 aromatic rings. The molecule has 1 fully saturated rings. The fourth-order valence-electron chi connectivity index (χ4n) is 3.31. The molecule has 4 rings (SSSR count). The van der Waals surface area contributed by atoms with Crippen LogP contribution in [0.25, 0.3) is 21.5 Å². The van der Waals surface area contributed by atoms with Gasteiger partial charge in [-0.05, 0) is 31.0 Å². The van der Waals surface area contributed by atoms with Gasteiger partial charge in [-0.2, -0.15) is 0 Å². The van der Waals surface area contributed by atoms with E-state index in [1.807, 2.05) is 24.3 Å². The van der Waals surface area contributed by atoms with Crippen molar-refractivity contribution in [1.29, 1.82) is 0 Å². The van der Waals surface area contributed by atoms with E-state index in [4.69, 9.17) is 19.2 Å². The number of pyridine rings is 1. The first kappa shape index (κ1) is 19.8. The van der Waals surface area contributed by atoms with E-state index >= 15 is 0 Å². The summed E-state index contributed by atoms with van der Waals surface area (Å²) in [5.74, 6) is 0.725. The predicted octanol–water partition coefficient (Wildman–Crippen LogP) is 3.75. The number of benzene rings is 1. The minimum absolute atomic E-state index is 0.0000927. The number of nitrogens with one attached hydrogen (secondary N) is 1. The van der Waals surface area contributed by atoms with Gasteiger partial charge in [0.1, 0.15) is 12.4 Å². The van der Waals surface area contributed by atoms with Crippen molar-refractivity contribution in [3.05, 3.63) is 36.0 Å². The van der Waals surface area contributed by atoms with Gasteiger partial charge in [0, 0.05) is 43.5 Å². The first-order valence-electron chi connectivity index (χ1n) is 9.47. The number of aromatic nitrogens is 2. The fourth-order valence-corrected chi connectivity index (χ4v) is 3.89. The average Bonchev–Trinajstić information content (AvgIpc) is 3.22. The highest BCUT2D eigenvalue weighted by molar-refractivity contribution is 7.13. The third-order valence-corrected chi connectivity index (χ3v) is 5.86. The Morgan fingerprint density at radius 3 is 2.83 bits per heavy atom. The zero-order chi connectivity index (χ0) is 20.2. The number of anilines is 1. The summed E-state index contributed by atoms with van der Waals surface area (Å²) >= 11 is 1.53. The fraction of sp³-hybridized carbons (Fsp3) is 0.381. The first-order chi connectivity index (χ1) is 14.2. The minimum atomic E-state index is -0.0000927. The molecule has 1 aliphatic carbocycles. The maximum Gasteiger partial charge on any atom is 0.227 e. The summed E-state index contributed by atoms with van der Waals surface area (Å²) in [5.41, 5.74) is 4.11. The maximum absolute atomic E-state index is 12.5. The minimum Gasteiger partial charge on any atom is -0.490 e. The number of methoxy groups -OCH3 is 2. The number of nitrogens with zero attached hydrogens (tertiary/aromatic N) is 2. The molecular weight excluding hydrogens is 390 g/mol. The zero-order valence-corrected chi connectivity index (χ0v) is 17.2. The number of ether oxygens (including phenoxy) is 3. The number of hydrogen-bond acceptors (Lipinski definition) is 7. The second-order valence-corrected chi connectivity index (χ2v) is 7.85. The number of carbonyl (C=O) groups excluding carboxylic acids is 1. The van der Waals surface area contributed by atoms with Crippen LogP contribution < -0.4 is 10.1 Å². The molecule has 1 aliphatic rings. The molecule has 1 N–H and O–H groups in total. The Labute approximate surface area is 173 Å². The third-order valence-electron chi connectivity index (χ3n) is 5.07. The van der Waals surface area contributed by atoms with Crippen molar-refractivity contribution < 1.29 is 19.0 Å². The summed E-state index contributed by atoms with van der Waals surface area (Å²) in [4.78, 5) is 22.3. The molecule has 152 valence electrons. The molecule has 29 heavy (non-hydrogen) atoms. The summed E-state index contributed by atoms with van der Waals surface area (Å²) in [7, 11) is 3.32. The molecule has 0 atom stereocenters. The SMILES string of the molecule is COCCOc1cc(-c2cncs2)nc2ccc(NC(=O)C3CC(OC)C3)cc12. The second-order valence-electron chi connectivity index (χ2n) is 6.96. The number of amides is 1. The van der Waals surface area contributed by atoms with Gasteiger partial charge in [-0.3, -0.25) is 9.78 Å². The highest BCUT2D eigenvalue weighted by Gasteiger charge is 2.34. The highest BCUT2D eigenvalue weighted by atomic mass is 32.1. The summed E-state index contributed by atoms with van der Waals surface area (Å²) in [5, 5.41) is 3.85. The van der Waals surface area contributed by atoms with Gasteiger partial charge < -0.3 is 19.5 Å². The molecule has 0 saturated heterocycles. The molecule has 0 aliphatic heterocycles. The summed E-state index contributed by atoms with van der Waals surface area (Å²) in [6.45, 7) is 0.910. The van der Waals surface area contributed by atoms with E-state index in [9.17, 15) is 4.79 Å². The van der Waals surface area contributed by atoms with E-state index in [1.165, 1.54) is 11.3 Å². The summed E-state index contributed by atoms with van der Waals surface area (Å²) < 4.78 is 16.3. The van der Waals surface area contributed by atoms with Crippen molar-refractivity contribution in [2.45, 2.75) is 18.9 Å². The quantitative estimate of drug-likeness (QED) is 0.567. The monoisotopic (exact) mass is 413 g/mol. The topological polar surface area (TPSA) is 82.6 Å². The van der Waals surface area contributed by atoms with Crippen molar-refractivity contribution >= 4 is 33.8 Å². The predicted molar refractivity (Wildman–Crippen MR) is 112 cm³/mol. The van der Waals surface area contributed by atoms with Crippen molar-refractivity contribution in [3.8, 4) is 16.3 Å².